The minimum atomic E-state index is -0.785. The zero-order valence-corrected chi connectivity index (χ0v) is 17.5. The molecular formula is C25H26O4S. The smallest absolute Gasteiger partial charge is 0.136 e. The number of hydrogen-bond acceptors (Lipinski definition) is 5. The molecule has 1 fully saturated rings. The second-order valence-electron chi connectivity index (χ2n) is 7.22. The van der Waals surface area contributed by atoms with E-state index in [1.165, 1.54) is 0 Å². The summed E-state index contributed by atoms with van der Waals surface area (Å²) in [5.41, 5.74) is 1.80. The summed E-state index contributed by atoms with van der Waals surface area (Å²) in [6.45, 7) is 1.15. The molecule has 0 radical (unpaired) electrons. The summed E-state index contributed by atoms with van der Waals surface area (Å²) in [6.07, 6.45) is -1.74. The molecule has 4 nitrogen and oxygen atoms in total. The highest BCUT2D eigenvalue weighted by Crippen LogP contribution is 2.33. The van der Waals surface area contributed by atoms with Crippen molar-refractivity contribution in [2.45, 2.75) is 41.9 Å². The molecule has 0 saturated carbocycles. The van der Waals surface area contributed by atoms with Gasteiger partial charge < -0.3 is 19.3 Å². The average Bonchev–Trinajstić information content (AvgIpc) is 2.80. The molecule has 3 aromatic carbocycles. The monoisotopic (exact) mass is 422 g/mol. The fraction of sp³-hybridized carbons (Fsp3) is 0.280. The number of thioether (sulfide) groups is 1. The van der Waals surface area contributed by atoms with Gasteiger partial charge in [0, 0.05) is 4.90 Å². The molecule has 1 aliphatic rings. The number of hydrogen-bond donors (Lipinski definition) is 1. The summed E-state index contributed by atoms with van der Waals surface area (Å²) in [7, 11) is 0. The van der Waals surface area contributed by atoms with Crippen molar-refractivity contribution in [3.05, 3.63) is 102 Å². The van der Waals surface area contributed by atoms with E-state index in [1.807, 2.05) is 91.0 Å². The molecule has 0 amide bonds. The lowest BCUT2D eigenvalue weighted by atomic mass is 10.1. The van der Waals surface area contributed by atoms with Gasteiger partial charge in [0.25, 0.3) is 0 Å². The van der Waals surface area contributed by atoms with Crippen molar-refractivity contribution in [1.82, 2.24) is 0 Å². The molecule has 5 heteroatoms. The summed E-state index contributed by atoms with van der Waals surface area (Å²) < 4.78 is 18.3. The molecule has 3 aromatic rings. The van der Waals surface area contributed by atoms with Gasteiger partial charge >= 0.3 is 0 Å². The Kier molecular flexibility index (Phi) is 7.56. The molecule has 1 heterocycles. The molecule has 4 atom stereocenters. The van der Waals surface area contributed by atoms with Crippen molar-refractivity contribution in [3.63, 3.8) is 0 Å². The fourth-order valence-corrected chi connectivity index (χ4v) is 4.46. The molecule has 0 spiro atoms. The molecule has 1 saturated heterocycles. The van der Waals surface area contributed by atoms with E-state index >= 15 is 0 Å². The van der Waals surface area contributed by atoms with E-state index in [0.717, 1.165) is 16.0 Å². The second-order valence-corrected chi connectivity index (χ2v) is 8.39. The summed E-state index contributed by atoms with van der Waals surface area (Å²) in [6, 6.07) is 29.9. The lowest BCUT2D eigenvalue weighted by Gasteiger charge is -2.39. The first kappa shape index (κ1) is 21.1. The highest BCUT2D eigenvalue weighted by atomic mass is 32.2. The summed E-state index contributed by atoms with van der Waals surface area (Å²) in [5, 5.41) is 11.1. The molecule has 1 N–H and O–H groups in total. The SMILES string of the molecule is O[C@@H]1C(OCc2ccccc2)[C@H](Sc2ccccc2)OC[C@H]1OCc1ccccc1. The van der Waals surface area contributed by atoms with Gasteiger partial charge in [-0.25, -0.2) is 0 Å². The van der Waals surface area contributed by atoms with Crippen molar-refractivity contribution in [2.24, 2.45) is 0 Å². The Morgan fingerprint density at radius 2 is 1.30 bits per heavy atom. The average molecular weight is 423 g/mol. The maximum atomic E-state index is 11.1. The quantitative estimate of drug-likeness (QED) is 0.572. The highest BCUT2D eigenvalue weighted by Gasteiger charge is 2.41. The van der Waals surface area contributed by atoms with Gasteiger partial charge in [-0.2, -0.15) is 0 Å². The lowest BCUT2D eigenvalue weighted by molar-refractivity contribution is -0.201. The van der Waals surface area contributed by atoms with Gasteiger partial charge in [0.2, 0.25) is 0 Å². The van der Waals surface area contributed by atoms with Crippen LogP contribution in [0.5, 0.6) is 0 Å². The van der Waals surface area contributed by atoms with E-state index in [0.29, 0.717) is 19.8 Å². The van der Waals surface area contributed by atoms with Crippen molar-refractivity contribution in [1.29, 1.82) is 0 Å². The molecule has 1 unspecified atom stereocenters. The molecular weight excluding hydrogens is 396 g/mol. The third-order valence-corrected chi connectivity index (χ3v) is 6.18. The topological polar surface area (TPSA) is 47.9 Å². The number of aliphatic hydroxyl groups is 1. The van der Waals surface area contributed by atoms with Crippen LogP contribution >= 0.6 is 11.8 Å². The van der Waals surface area contributed by atoms with Crippen LogP contribution in [0.15, 0.2) is 95.9 Å². The van der Waals surface area contributed by atoms with Crippen LogP contribution in [0.4, 0.5) is 0 Å². The van der Waals surface area contributed by atoms with Crippen molar-refractivity contribution < 1.29 is 19.3 Å². The first-order valence-corrected chi connectivity index (χ1v) is 11.0. The minimum Gasteiger partial charge on any atom is -0.387 e. The van der Waals surface area contributed by atoms with Crippen molar-refractivity contribution >= 4 is 11.8 Å². The third-order valence-electron chi connectivity index (χ3n) is 5.00. The largest absolute Gasteiger partial charge is 0.387 e. The predicted molar refractivity (Wildman–Crippen MR) is 118 cm³/mol. The van der Waals surface area contributed by atoms with Crippen LogP contribution in [-0.2, 0) is 27.4 Å². The molecule has 1 aliphatic heterocycles. The van der Waals surface area contributed by atoms with Crippen LogP contribution in [0.25, 0.3) is 0 Å². The van der Waals surface area contributed by atoms with E-state index in [2.05, 4.69) is 0 Å². The van der Waals surface area contributed by atoms with E-state index in [1.54, 1.807) is 11.8 Å². The normalized spacial score (nSPS) is 23.9. The van der Waals surface area contributed by atoms with Crippen LogP contribution in [-0.4, -0.2) is 35.5 Å². The Hall–Kier alpha value is -2.15. The third kappa shape index (κ3) is 5.72. The summed E-state index contributed by atoms with van der Waals surface area (Å²) >= 11 is 1.57. The van der Waals surface area contributed by atoms with Crippen LogP contribution < -0.4 is 0 Å². The summed E-state index contributed by atoms with van der Waals surface area (Å²) in [4.78, 5) is 1.08. The van der Waals surface area contributed by atoms with Gasteiger partial charge in [0.05, 0.1) is 19.8 Å². The minimum absolute atomic E-state index is 0.317. The Morgan fingerprint density at radius 1 is 0.767 bits per heavy atom. The van der Waals surface area contributed by atoms with Crippen LogP contribution in [0.1, 0.15) is 11.1 Å². The summed E-state index contributed by atoms with van der Waals surface area (Å²) in [5.74, 6) is 0. The Balaban J connectivity index is 1.44. The van der Waals surface area contributed by atoms with Crippen molar-refractivity contribution in [2.75, 3.05) is 6.61 Å². The zero-order valence-electron chi connectivity index (χ0n) is 16.7. The van der Waals surface area contributed by atoms with Gasteiger partial charge in [-0.05, 0) is 23.3 Å². The zero-order chi connectivity index (χ0) is 20.6. The molecule has 0 aromatic heterocycles. The maximum absolute atomic E-state index is 11.1. The molecule has 0 aliphatic carbocycles. The standard InChI is InChI=1S/C25H26O4S/c26-23-22(27-16-19-10-4-1-5-11-19)18-29-25(30-21-14-8-3-9-15-21)24(23)28-17-20-12-6-2-7-13-20/h1-15,22-26H,16-18H2/t22-,23+,24?,25+/m1/s1. The van der Waals surface area contributed by atoms with Gasteiger partial charge in [-0.3, -0.25) is 0 Å². The Bertz CT molecular complexity index is 875. The predicted octanol–water partition coefficient (Wildman–Crippen LogP) is 4.67. The van der Waals surface area contributed by atoms with Crippen molar-refractivity contribution in [3.8, 4) is 0 Å². The van der Waals surface area contributed by atoms with Crippen LogP contribution in [0.2, 0.25) is 0 Å². The van der Waals surface area contributed by atoms with Crippen LogP contribution in [0.3, 0.4) is 0 Å². The van der Waals surface area contributed by atoms with Crippen LogP contribution in [0, 0.1) is 0 Å². The van der Waals surface area contributed by atoms with E-state index < -0.39 is 18.3 Å². The van der Waals surface area contributed by atoms with Gasteiger partial charge in [-0.15, -0.1) is 0 Å². The number of benzene rings is 3. The number of aliphatic hydroxyl groups excluding tert-OH is 1. The lowest BCUT2D eigenvalue weighted by Crippen LogP contribution is -2.53. The molecule has 0 bridgehead atoms. The molecule has 156 valence electrons. The molecule has 4 rings (SSSR count). The maximum Gasteiger partial charge on any atom is 0.136 e. The molecule has 30 heavy (non-hydrogen) atoms. The van der Waals surface area contributed by atoms with E-state index in [4.69, 9.17) is 14.2 Å². The second kappa shape index (κ2) is 10.8. The highest BCUT2D eigenvalue weighted by molar-refractivity contribution is 7.99. The van der Waals surface area contributed by atoms with Gasteiger partial charge in [0.15, 0.2) is 0 Å². The van der Waals surface area contributed by atoms with Gasteiger partial charge in [0.1, 0.15) is 23.7 Å². The fourth-order valence-electron chi connectivity index (χ4n) is 3.36. The Labute approximate surface area is 181 Å². The van der Waals surface area contributed by atoms with Gasteiger partial charge in [-0.1, -0.05) is 90.6 Å². The Morgan fingerprint density at radius 3 is 1.90 bits per heavy atom. The first-order chi connectivity index (χ1) is 14.8. The number of ether oxygens (including phenoxy) is 3. The van der Waals surface area contributed by atoms with E-state index in [-0.39, 0.29) is 5.44 Å². The number of rotatable bonds is 8. The first-order valence-electron chi connectivity index (χ1n) is 10.1. The van der Waals surface area contributed by atoms with E-state index in [9.17, 15) is 5.11 Å².